The van der Waals surface area contributed by atoms with Crippen molar-refractivity contribution in [3.8, 4) is 0 Å². The van der Waals surface area contributed by atoms with E-state index in [2.05, 4.69) is 15.3 Å². The van der Waals surface area contributed by atoms with Crippen molar-refractivity contribution in [2.45, 2.75) is 50.4 Å². The van der Waals surface area contributed by atoms with Crippen LogP contribution >= 0.6 is 11.6 Å². The van der Waals surface area contributed by atoms with Crippen molar-refractivity contribution < 1.29 is 0 Å². The Balaban J connectivity index is 1.99. The zero-order chi connectivity index (χ0) is 11.4. The first-order chi connectivity index (χ1) is 7.75. The summed E-state index contributed by atoms with van der Waals surface area (Å²) in [5.74, 6) is 0.697. The Morgan fingerprint density at radius 1 is 1.19 bits per heavy atom. The molecule has 1 aromatic rings. The highest BCUT2D eigenvalue weighted by Gasteiger charge is 2.21. The molecule has 4 heteroatoms. The van der Waals surface area contributed by atoms with E-state index in [0.29, 0.717) is 12.0 Å². The molecule has 1 saturated carbocycles. The zero-order valence-corrected chi connectivity index (χ0v) is 10.4. The van der Waals surface area contributed by atoms with E-state index in [1.54, 1.807) is 0 Å². The topological polar surface area (TPSA) is 37.8 Å². The molecule has 0 amide bonds. The third-order valence-corrected chi connectivity index (χ3v) is 3.55. The van der Waals surface area contributed by atoms with Gasteiger partial charge in [-0.1, -0.05) is 19.3 Å². The van der Waals surface area contributed by atoms with Gasteiger partial charge in [0.1, 0.15) is 0 Å². The second kappa shape index (κ2) is 5.48. The molecule has 1 aliphatic rings. The zero-order valence-electron chi connectivity index (χ0n) is 9.62. The van der Waals surface area contributed by atoms with Gasteiger partial charge in [0.25, 0.3) is 0 Å². The van der Waals surface area contributed by atoms with Crippen molar-refractivity contribution in [2.24, 2.45) is 0 Å². The fourth-order valence-electron chi connectivity index (χ4n) is 2.06. The number of rotatable bonds is 2. The van der Waals surface area contributed by atoms with Gasteiger partial charge in [0, 0.05) is 18.4 Å². The van der Waals surface area contributed by atoms with E-state index in [1.165, 1.54) is 19.3 Å². The summed E-state index contributed by atoms with van der Waals surface area (Å²) in [5, 5.41) is 3.54. The van der Waals surface area contributed by atoms with Crippen molar-refractivity contribution in [1.82, 2.24) is 9.97 Å². The SMILES string of the molecule is Cc1cnc(NC2CCCCCC2Cl)nc1. The average Bonchev–Trinajstić information content (AvgIpc) is 2.48. The minimum absolute atomic E-state index is 0.201. The Morgan fingerprint density at radius 3 is 2.62 bits per heavy atom. The standard InChI is InChI=1S/C12H18ClN3/c1-9-7-14-12(15-8-9)16-11-6-4-2-3-5-10(11)13/h7-8,10-11H,2-6H2,1H3,(H,14,15,16). The lowest BCUT2D eigenvalue weighted by molar-refractivity contribution is 0.622. The van der Waals surface area contributed by atoms with E-state index in [0.717, 1.165) is 18.4 Å². The second-order valence-electron chi connectivity index (χ2n) is 4.49. The lowest BCUT2D eigenvalue weighted by atomic mass is 10.1. The molecule has 1 aliphatic carbocycles. The van der Waals surface area contributed by atoms with Crippen LogP contribution in [0, 0.1) is 6.92 Å². The smallest absolute Gasteiger partial charge is 0.222 e. The highest BCUT2D eigenvalue weighted by atomic mass is 35.5. The third-order valence-electron chi connectivity index (χ3n) is 3.03. The second-order valence-corrected chi connectivity index (χ2v) is 5.05. The van der Waals surface area contributed by atoms with Gasteiger partial charge in [-0.2, -0.15) is 0 Å². The summed E-state index contributed by atoms with van der Waals surface area (Å²) in [6.45, 7) is 1.99. The van der Waals surface area contributed by atoms with Gasteiger partial charge in [-0.15, -0.1) is 11.6 Å². The van der Waals surface area contributed by atoms with Gasteiger partial charge in [-0.25, -0.2) is 9.97 Å². The van der Waals surface area contributed by atoms with E-state index in [1.807, 2.05) is 19.3 Å². The first-order valence-electron chi connectivity index (χ1n) is 5.95. The number of aromatic nitrogens is 2. The van der Waals surface area contributed by atoms with E-state index in [4.69, 9.17) is 11.6 Å². The summed E-state index contributed by atoms with van der Waals surface area (Å²) < 4.78 is 0. The molecule has 1 fully saturated rings. The fraction of sp³-hybridized carbons (Fsp3) is 0.667. The van der Waals surface area contributed by atoms with Crippen molar-refractivity contribution in [3.63, 3.8) is 0 Å². The maximum atomic E-state index is 6.35. The van der Waals surface area contributed by atoms with Gasteiger partial charge in [0.2, 0.25) is 5.95 Å². The molecule has 1 heterocycles. The Kier molecular flexibility index (Phi) is 3.99. The number of nitrogens with one attached hydrogen (secondary N) is 1. The molecule has 0 spiro atoms. The predicted molar refractivity (Wildman–Crippen MR) is 66.9 cm³/mol. The highest BCUT2D eigenvalue weighted by molar-refractivity contribution is 6.21. The monoisotopic (exact) mass is 239 g/mol. The molecule has 0 aliphatic heterocycles. The summed E-state index contributed by atoms with van der Waals surface area (Å²) in [6, 6.07) is 0.312. The fourth-order valence-corrected chi connectivity index (χ4v) is 2.40. The van der Waals surface area contributed by atoms with Crippen LogP contribution in [0.5, 0.6) is 0 Å². The molecule has 1 N–H and O–H groups in total. The molecular weight excluding hydrogens is 222 g/mol. The summed E-state index contributed by atoms with van der Waals surface area (Å²) in [5.41, 5.74) is 1.08. The maximum Gasteiger partial charge on any atom is 0.222 e. The summed E-state index contributed by atoms with van der Waals surface area (Å²) in [4.78, 5) is 8.51. The number of halogens is 1. The normalized spacial score (nSPS) is 26.1. The molecule has 3 nitrogen and oxygen atoms in total. The minimum atomic E-state index is 0.201. The number of hydrogen-bond donors (Lipinski definition) is 1. The van der Waals surface area contributed by atoms with Crippen molar-refractivity contribution in [2.75, 3.05) is 5.32 Å². The largest absolute Gasteiger partial charge is 0.350 e. The van der Waals surface area contributed by atoms with Crippen LogP contribution in [-0.2, 0) is 0 Å². The molecule has 2 unspecified atom stereocenters. The lowest BCUT2D eigenvalue weighted by Gasteiger charge is -2.20. The Morgan fingerprint density at radius 2 is 1.88 bits per heavy atom. The molecule has 0 radical (unpaired) electrons. The van der Waals surface area contributed by atoms with Crippen LogP contribution in [-0.4, -0.2) is 21.4 Å². The van der Waals surface area contributed by atoms with Crippen LogP contribution in [0.25, 0.3) is 0 Å². The van der Waals surface area contributed by atoms with Gasteiger partial charge in [-0.05, 0) is 25.3 Å². The Labute approximate surface area is 102 Å². The van der Waals surface area contributed by atoms with Gasteiger partial charge in [0.05, 0.1) is 5.38 Å². The van der Waals surface area contributed by atoms with Crippen LogP contribution in [0.2, 0.25) is 0 Å². The summed E-state index contributed by atoms with van der Waals surface area (Å²) in [6.07, 6.45) is 9.63. The lowest BCUT2D eigenvalue weighted by Crippen LogP contribution is -2.29. The highest BCUT2D eigenvalue weighted by Crippen LogP contribution is 2.24. The molecule has 2 rings (SSSR count). The van der Waals surface area contributed by atoms with E-state index >= 15 is 0 Å². The van der Waals surface area contributed by atoms with E-state index < -0.39 is 0 Å². The first kappa shape index (κ1) is 11.6. The van der Waals surface area contributed by atoms with Gasteiger partial charge in [-0.3, -0.25) is 0 Å². The summed E-state index contributed by atoms with van der Waals surface area (Å²) in [7, 11) is 0. The van der Waals surface area contributed by atoms with Crippen molar-refractivity contribution >= 4 is 17.5 Å². The molecular formula is C12H18ClN3. The van der Waals surface area contributed by atoms with Crippen molar-refractivity contribution in [1.29, 1.82) is 0 Å². The summed E-state index contributed by atoms with van der Waals surface area (Å²) >= 11 is 6.35. The molecule has 0 aromatic carbocycles. The number of aryl methyl sites for hydroxylation is 1. The first-order valence-corrected chi connectivity index (χ1v) is 6.38. The van der Waals surface area contributed by atoms with Crippen LogP contribution < -0.4 is 5.32 Å². The number of alkyl halides is 1. The molecule has 0 saturated heterocycles. The molecule has 2 atom stereocenters. The van der Waals surface area contributed by atoms with Gasteiger partial charge >= 0.3 is 0 Å². The number of anilines is 1. The van der Waals surface area contributed by atoms with Crippen LogP contribution in [0.15, 0.2) is 12.4 Å². The average molecular weight is 240 g/mol. The van der Waals surface area contributed by atoms with Crippen molar-refractivity contribution in [3.05, 3.63) is 18.0 Å². The minimum Gasteiger partial charge on any atom is -0.350 e. The third kappa shape index (κ3) is 3.08. The molecule has 16 heavy (non-hydrogen) atoms. The van der Waals surface area contributed by atoms with Gasteiger partial charge in [0.15, 0.2) is 0 Å². The van der Waals surface area contributed by atoms with Crippen LogP contribution in [0.3, 0.4) is 0 Å². The number of hydrogen-bond acceptors (Lipinski definition) is 3. The Hall–Kier alpha value is -0.830. The molecule has 88 valence electrons. The van der Waals surface area contributed by atoms with E-state index in [-0.39, 0.29) is 5.38 Å². The van der Waals surface area contributed by atoms with Crippen LogP contribution in [0.1, 0.15) is 37.7 Å². The van der Waals surface area contributed by atoms with Crippen LogP contribution in [0.4, 0.5) is 5.95 Å². The number of nitrogens with zero attached hydrogens (tertiary/aromatic N) is 2. The Bertz CT molecular complexity index is 326. The van der Waals surface area contributed by atoms with E-state index in [9.17, 15) is 0 Å². The molecule has 0 bridgehead atoms. The van der Waals surface area contributed by atoms with Gasteiger partial charge < -0.3 is 5.32 Å². The maximum absolute atomic E-state index is 6.35. The molecule has 1 aromatic heterocycles. The predicted octanol–water partition coefficient (Wildman–Crippen LogP) is 3.14. The quantitative estimate of drug-likeness (QED) is 0.637.